The van der Waals surface area contributed by atoms with Crippen molar-refractivity contribution in [1.82, 2.24) is 5.01 Å². The largest absolute Gasteiger partial charge is 0.273 e. The summed E-state index contributed by atoms with van der Waals surface area (Å²) in [5, 5.41) is 6.24. The van der Waals surface area contributed by atoms with E-state index in [-0.39, 0.29) is 5.91 Å². The molecule has 3 aliphatic carbocycles. The molecule has 3 saturated carbocycles. The van der Waals surface area contributed by atoms with Gasteiger partial charge in [0.05, 0.1) is 0 Å². The molecule has 3 fully saturated rings. The molecule has 0 aromatic heterocycles. The van der Waals surface area contributed by atoms with E-state index < -0.39 is 0 Å². The van der Waals surface area contributed by atoms with Gasteiger partial charge in [-0.15, -0.1) is 0 Å². The monoisotopic (exact) mass is 402 g/mol. The molecule has 0 atom stereocenters. The predicted octanol–water partition coefficient (Wildman–Crippen LogP) is 7.49. The van der Waals surface area contributed by atoms with Crippen LogP contribution in [0.15, 0.2) is 5.10 Å². The van der Waals surface area contributed by atoms with E-state index in [2.05, 4.69) is 12.0 Å². The summed E-state index contributed by atoms with van der Waals surface area (Å²) in [6, 6.07) is 0. The fourth-order valence-corrected chi connectivity index (χ4v) is 6.12. The Morgan fingerprint density at radius 2 is 1.28 bits per heavy atom. The van der Waals surface area contributed by atoms with Gasteiger partial charge in [-0.25, -0.2) is 5.01 Å². The lowest BCUT2D eigenvalue weighted by Crippen LogP contribution is -2.32. The molecule has 0 saturated heterocycles. The molecule has 29 heavy (non-hydrogen) atoms. The van der Waals surface area contributed by atoms with Crippen LogP contribution in [0.25, 0.3) is 0 Å². The molecule has 0 aromatic carbocycles. The molecule has 0 unspecified atom stereocenters. The summed E-state index contributed by atoms with van der Waals surface area (Å²) < 4.78 is 0. The SMILES string of the molecule is C1CCC(C2CCCCC2)CC1.CCCN1N=C(CC2CCCCC2)CCC1=O. The zero-order valence-corrected chi connectivity index (χ0v) is 19.2. The minimum atomic E-state index is 0.208. The lowest BCUT2D eigenvalue weighted by molar-refractivity contribution is -0.131. The molecule has 0 bridgehead atoms. The van der Waals surface area contributed by atoms with Gasteiger partial charge in [0.25, 0.3) is 0 Å². The number of rotatable bonds is 5. The highest BCUT2D eigenvalue weighted by atomic mass is 16.2. The summed E-state index contributed by atoms with van der Waals surface area (Å²) in [5.41, 5.74) is 1.27. The number of hydrazone groups is 1. The highest BCUT2D eigenvalue weighted by molar-refractivity contribution is 5.92. The van der Waals surface area contributed by atoms with Gasteiger partial charge in [0, 0.05) is 18.7 Å². The van der Waals surface area contributed by atoms with Crippen LogP contribution in [0.2, 0.25) is 0 Å². The summed E-state index contributed by atoms with van der Waals surface area (Å²) in [7, 11) is 0. The Bertz CT molecular complexity index is 481. The topological polar surface area (TPSA) is 32.7 Å². The second-order valence-corrected chi connectivity index (χ2v) is 10.2. The van der Waals surface area contributed by atoms with Gasteiger partial charge in [-0.05, 0) is 37.0 Å². The van der Waals surface area contributed by atoms with Gasteiger partial charge in [-0.1, -0.05) is 103 Å². The zero-order valence-electron chi connectivity index (χ0n) is 19.2. The second kappa shape index (κ2) is 12.7. The summed E-state index contributed by atoms with van der Waals surface area (Å²) in [6.45, 7) is 2.88. The Balaban J connectivity index is 0.000000176. The zero-order chi connectivity index (χ0) is 20.3. The number of carbonyl (C=O) groups excluding carboxylic acids is 1. The van der Waals surface area contributed by atoms with Crippen molar-refractivity contribution in [3.63, 3.8) is 0 Å². The van der Waals surface area contributed by atoms with Crippen LogP contribution in [-0.4, -0.2) is 23.2 Å². The minimum Gasteiger partial charge on any atom is -0.273 e. The van der Waals surface area contributed by atoms with Crippen molar-refractivity contribution in [1.29, 1.82) is 0 Å². The first-order valence-corrected chi connectivity index (χ1v) is 13.1. The van der Waals surface area contributed by atoms with Crippen molar-refractivity contribution in [2.45, 2.75) is 129 Å². The number of hydrogen-bond donors (Lipinski definition) is 0. The summed E-state index contributed by atoms with van der Waals surface area (Å²) >= 11 is 0. The van der Waals surface area contributed by atoms with E-state index in [0.717, 1.165) is 43.6 Å². The Morgan fingerprint density at radius 1 is 0.759 bits per heavy atom. The molecule has 3 heteroatoms. The van der Waals surface area contributed by atoms with Crippen LogP contribution < -0.4 is 0 Å². The van der Waals surface area contributed by atoms with Crippen molar-refractivity contribution in [2.75, 3.05) is 6.54 Å². The van der Waals surface area contributed by atoms with Crippen molar-refractivity contribution >= 4 is 11.6 Å². The van der Waals surface area contributed by atoms with Crippen LogP contribution >= 0.6 is 0 Å². The molecule has 166 valence electrons. The first-order chi connectivity index (χ1) is 14.3. The maximum atomic E-state index is 11.6. The highest BCUT2D eigenvalue weighted by Crippen LogP contribution is 2.37. The molecule has 3 nitrogen and oxygen atoms in total. The van der Waals surface area contributed by atoms with E-state index in [1.165, 1.54) is 76.3 Å². The molecular weight excluding hydrogens is 356 g/mol. The summed E-state index contributed by atoms with van der Waals surface area (Å²) in [5.74, 6) is 3.32. The van der Waals surface area contributed by atoms with Crippen molar-refractivity contribution < 1.29 is 4.79 Å². The van der Waals surface area contributed by atoms with Gasteiger partial charge < -0.3 is 0 Å². The van der Waals surface area contributed by atoms with Crippen LogP contribution in [0, 0.1) is 17.8 Å². The number of carbonyl (C=O) groups is 1. The molecule has 0 aromatic rings. The van der Waals surface area contributed by atoms with E-state index in [0.29, 0.717) is 6.42 Å². The van der Waals surface area contributed by atoms with Crippen molar-refractivity contribution in [3.8, 4) is 0 Å². The van der Waals surface area contributed by atoms with E-state index in [1.54, 1.807) is 30.7 Å². The third-order valence-electron chi connectivity index (χ3n) is 7.83. The quantitative estimate of drug-likeness (QED) is 0.469. The van der Waals surface area contributed by atoms with Gasteiger partial charge in [0.2, 0.25) is 5.91 Å². The molecule has 0 spiro atoms. The summed E-state index contributed by atoms with van der Waals surface area (Å²) in [6.07, 6.45) is 26.0. The first kappa shape index (κ1) is 22.8. The van der Waals surface area contributed by atoms with Crippen LogP contribution in [-0.2, 0) is 4.79 Å². The third-order valence-corrected chi connectivity index (χ3v) is 7.83. The molecule has 1 amide bonds. The van der Waals surface area contributed by atoms with Gasteiger partial charge in [-0.3, -0.25) is 4.79 Å². The van der Waals surface area contributed by atoms with E-state index in [1.807, 2.05) is 0 Å². The van der Waals surface area contributed by atoms with Crippen LogP contribution in [0.4, 0.5) is 0 Å². The van der Waals surface area contributed by atoms with E-state index in [4.69, 9.17) is 0 Å². The Kier molecular flexibility index (Phi) is 10.0. The Morgan fingerprint density at radius 3 is 1.79 bits per heavy atom. The van der Waals surface area contributed by atoms with Crippen LogP contribution in [0.1, 0.15) is 129 Å². The fraction of sp³-hybridized carbons (Fsp3) is 0.923. The molecule has 1 heterocycles. The normalized spacial score (nSPS) is 25.3. The van der Waals surface area contributed by atoms with Crippen LogP contribution in [0.3, 0.4) is 0 Å². The second-order valence-electron chi connectivity index (χ2n) is 10.2. The lowest BCUT2D eigenvalue weighted by Gasteiger charge is -2.32. The van der Waals surface area contributed by atoms with Gasteiger partial charge in [-0.2, -0.15) is 5.10 Å². The Hall–Kier alpha value is -0.860. The molecule has 1 aliphatic heterocycles. The smallest absolute Gasteiger partial charge is 0.243 e. The average Bonchev–Trinajstić information content (AvgIpc) is 2.79. The molecule has 0 radical (unpaired) electrons. The fourth-order valence-electron chi connectivity index (χ4n) is 6.12. The maximum absolute atomic E-state index is 11.6. The van der Waals surface area contributed by atoms with Gasteiger partial charge in [0.15, 0.2) is 0 Å². The number of hydrogen-bond acceptors (Lipinski definition) is 2. The van der Waals surface area contributed by atoms with Crippen molar-refractivity contribution in [2.24, 2.45) is 22.9 Å². The Labute approximate surface area is 180 Å². The number of nitrogens with zero attached hydrogens (tertiary/aromatic N) is 2. The maximum Gasteiger partial charge on any atom is 0.243 e. The van der Waals surface area contributed by atoms with E-state index >= 15 is 0 Å². The van der Waals surface area contributed by atoms with Gasteiger partial charge in [0.1, 0.15) is 0 Å². The molecule has 4 aliphatic rings. The van der Waals surface area contributed by atoms with E-state index in [9.17, 15) is 4.79 Å². The number of amides is 1. The molecule has 4 rings (SSSR count). The first-order valence-electron chi connectivity index (χ1n) is 13.1. The standard InChI is InChI=1S/C14H24N2O.C12H22/c1-2-10-16-14(17)9-8-13(15-16)11-12-6-4-3-5-7-12;1-3-7-11(8-4-1)12-9-5-2-6-10-12/h12H,2-11H2,1H3;11-12H,1-10H2. The summed E-state index contributed by atoms with van der Waals surface area (Å²) in [4.78, 5) is 11.6. The highest BCUT2D eigenvalue weighted by Gasteiger charge is 2.25. The molecule has 0 N–H and O–H groups in total. The lowest BCUT2D eigenvalue weighted by atomic mass is 9.73. The van der Waals surface area contributed by atoms with Crippen LogP contribution in [0.5, 0.6) is 0 Å². The molecular formula is C26H46N2O. The average molecular weight is 403 g/mol. The third kappa shape index (κ3) is 7.72. The van der Waals surface area contributed by atoms with Crippen molar-refractivity contribution in [3.05, 3.63) is 0 Å². The van der Waals surface area contributed by atoms with Gasteiger partial charge >= 0.3 is 0 Å². The minimum absolute atomic E-state index is 0.208. The predicted molar refractivity (Wildman–Crippen MR) is 123 cm³/mol.